The fourth-order valence-electron chi connectivity index (χ4n) is 2.07. The lowest BCUT2D eigenvalue weighted by Crippen LogP contribution is -2.14. The molecule has 0 saturated heterocycles. The van der Waals surface area contributed by atoms with Gasteiger partial charge < -0.3 is 9.73 Å². The monoisotopic (exact) mass is 350 g/mol. The molecule has 25 heavy (non-hydrogen) atoms. The lowest BCUT2D eigenvalue weighted by Gasteiger charge is -2.03. The van der Waals surface area contributed by atoms with Gasteiger partial charge in [0.05, 0.1) is 17.4 Å². The zero-order valence-electron chi connectivity index (χ0n) is 13.4. The molecule has 1 heterocycles. The van der Waals surface area contributed by atoms with Crippen molar-refractivity contribution < 1.29 is 9.21 Å². The Morgan fingerprint density at radius 3 is 2.80 bits per heavy atom. The predicted octanol–water partition coefficient (Wildman–Crippen LogP) is 3.65. The fraction of sp³-hybridized carbons (Fsp3) is 0.111. The third kappa shape index (κ3) is 4.46. The van der Waals surface area contributed by atoms with Crippen LogP contribution in [0.15, 0.2) is 58.2 Å². The number of nitrogens with one attached hydrogen (secondary N) is 1. The number of hydrogen-bond donors (Lipinski definition) is 1. The molecule has 0 fully saturated rings. The molecule has 0 aliphatic rings. The SMILES string of the molecule is Cc1ccc(-c2nnc(SCC(=O)Nc3cccc(C#N)c3)o2)cc1. The quantitative estimate of drug-likeness (QED) is 0.706. The normalized spacial score (nSPS) is 10.2. The Kier molecular flexibility index (Phi) is 5.11. The molecule has 0 atom stereocenters. The van der Waals surface area contributed by atoms with Crippen LogP contribution in [0.1, 0.15) is 11.1 Å². The molecule has 3 aromatic rings. The first-order valence-electron chi connectivity index (χ1n) is 7.47. The number of nitrogens with zero attached hydrogens (tertiary/aromatic N) is 3. The lowest BCUT2D eigenvalue weighted by atomic mass is 10.1. The third-order valence-electron chi connectivity index (χ3n) is 3.31. The summed E-state index contributed by atoms with van der Waals surface area (Å²) in [4.78, 5) is 12.0. The highest BCUT2D eigenvalue weighted by atomic mass is 32.2. The van der Waals surface area contributed by atoms with E-state index in [0.717, 1.165) is 22.9 Å². The molecule has 0 radical (unpaired) electrons. The Balaban J connectivity index is 1.57. The number of amides is 1. The maximum Gasteiger partial charge on any atom is 0.277 e. The summed E-state index contributed by atoms with van der Waals surface area (Å²) in [7, 11) is 0. The molecule has 1 aromatic heterocycles. The van der Waals surface area contributed by atoms with E-state index in [1.807, 2.05) is 37.3 Å². The van der Waals surface area contributed by atoms with E-state index in [0.29, 0.717) is 22.4 Å². The zero-order chi connectivity index (χ0) is 17.6. The molecule has 0 saturated carbocycles. The van der Waals surface area contributed by atoms with Crippen LogP contribution in [0.5, 0.6) is 0 Å². The van der Waals surface area contributed by atoms with Crippen LogP contribution in [0, 0.1) is 18.3 Å². The summed E-state index contributed by atoms with van der Waals surface area (Å²) in [5, 5.41) is 19.9. The molecule has 1 N–H and O–H groups in total. The number of thioether (sulfide) groups is 1. The van der Waals surface area contributed by atoms with Gasteiger partial charge in [0.25, 0.3) is 5.22 Å². The van der Waals surface area contributed by atoms with Gasteiger partial charge in [0.1, 0.15) is 0 Å². The van der Waals surface area contributed by atoms with E-state index in [1.54, 1.807) is 24.3 Å². The Morgan fingerprint density at radius 1 is 1.24 bits per heavy atom. The van der Waals surface area contributed by atoms with Gasteiger partial charge in [-0.15, -0.1) is 10.2 Å². The van der Waals surface area contributed by atoms with E-state index < -0.39 is 0 Å². The van der Waals surface area contributed by atoms with Gasteiger partial charge in [-0.25, -0.2) is 0 Å². The van der Waals surface area contributed by atoms with Crippen molar-refractivity contribution in [1.29, 1.82) is 5.26 Å². The highest BCUT2D eigenvalue weighted by Gasteiger charge is 2.11. The molecule has 1 amide bonds. The van der Waals surface area contributed by atoms with E-state index in [4.69, 9.17) is 9.68 Å². The minimum atomic E-state index is -0.213. The maximum absolute atomic E-state index is 12.0. The number of rotatable bonds is 5. The van der Waals surface area contributed by atoms with Gasteiger partial charge in [0.15, 0.2) is 0 Å². The summed E-state index contributed by atoms with van der Waals surface area (Å²) in [6, 6.07) is 16.5. The average Bonchev–Trinajstić information content (AvgIpc) is 3.10. The summed E-state index contributed by atoms with van der Waals surface area (Å²) in [6.45, 7) is 2.00. The number of aryl methyl sites for hydroxylation is 1. The second kappa shape index (κ2) is 7.64. The molecule has 6 nitrogen and oxygen atoms in total. The Labute approximate surface area is 148 Å². The van der Waals surface area contributed by atoms with Gasteiger partial charge >= 0.3 is 0 Å². The highest BCUT2D eigenvalue weighted by Crippen LogP contribution is 2.23. The van der Waals surface area contributed by atoms with E-state index >= 15 is 0 Å². The standard InChI is InChI=1S/C18H14N4O2S/c1-12-5-7-14(8-6-12)17-21-22-18(24-17)25-11-16(23)20-15-4-2-3-13(9-15)10-19/h2-9H,11H2,1H3,(H,20,23). The Hall–Kier alpha value is -3.11. The zero-order valence-corrected chi connectivity index (χ0v) is 14.2. The molecule has 124 valence electrons. The molecule has 7 heteroatoms. The van der Waals surface area contributed by atoms with Gasteiger partial charge in [0, 0.05) is 11.3 Å². The molecule has 2 aromatic carbocycles. The number of carbonyl (C=O) groups excluding carboxylic acids is 1. The van der Waals surface area contributed by atoms with Crippen molar-refractivity contribution in [2.45, 2.75) is 12.1 Å². The topological polar surface area (TPSA) is 91.8 Å². The lowest BCUT2D eigenvalue weighted by molar-refractivity contribution is -0.113. The van der Waals surface area contributed by atoms with Crippen LogP contribution in [0.3, 0.4) is 0 Å². The van der Waals surface area contributed by atoms with E-state index in [2.05, 4.69) is 15.5 Å². The number of nitriles is 1. The van der Waals surface area contributed by atoms with Crippen LogP contribution < -0.4 is 5.32 Å². The Morgan fingerprint density at radius 2 is 2.04 bits per heavy atom. The molecule has 0 unspecified atom stereocenters. The smallest absolute Gasteiger partial charge is 0.277 e. The predicted molar refractivity (Wildman–Crippen MR) is 95.0 cm³/mol. The number of benzene rings is 2. The van der Waals surface area contributed by atoms with E-state index in [1.165, 1.54) is 0 Å². The van der Waals surface area contributed by atoms with Gasteiger partial charge in [-0.1, -0.05) is 35.5 Å². The van der Waals surface area contributed by atoms with Crippen molar-refractivity contribution in [2.24, 2.45) is 0 Å². The van der Waals surface area contributed by atoms with Crippen molar-refractivity contribution in [3.63, 3.8) is 0 Å². The largest absolute Gasteiger partial charge is 0.411 e. The molecular formula is C18H14N4O2S. The minimum absolute atomic E-state index is 0.131. The molecule has 0 bridgehead atoms. The van der Waals surface area contributed by atoms with Gasteiger partial charge in [0.2, 0.25) is 11.8 Å². The first kappa shape index (κ1) is 16.7. The molecular weight excluding hydrogens is 336 g/mol. The summed E-state index contributed by atoms with van der Waals surface area (Å²) >= 11 is 1.16. The first-order valence-corrected chi connectivity index (χ1v) is 8.46. The average molecular weight is 350 g/mol. The van der Waals surface area contributed by atoms with Crippen LogP contribution in [-0.4, -0.2) is 21.9 Å². The van der Waals surface area contributed by atoms with Crippen molar-refractivity contribution in [1.82, 2.24) is 10.2 Å². The van der Waals surface area contributed by atoms with Crippen molar-refractivity contribution in [2.75, 3.05) is 11.1 Å². The summed E-state index contributed by atoms with van der Waals surface area (Å²) in [5.41, 5.74) is 3.05. The number of anilines is 1. The molecule has 3 rings (SSSR count). The van der Waals surface area contributed by atoms with Crippen LogP contribution in [0.4, 0.5) is 5.69 Å². The van der Waals surface area contributed by atoms with Crippen LogP contribution in [0.2, 0.25) is 0 Å². The second-order valence-electron chi connectivity index (χ2n) is 5.27. The minimum Gasteiger partial charge on any atom is -0.411 e. The van der Waals surface area contributed by atoms with Gasteiger partial charge in [-0.2, -0.15) is 5.26 Å². The highest BCUT2D eigenvalue weighted by molar-refractivity contribution is 7.99. The first-order chi connectivity index (χ1) is 12.1. The third-order valence-corrected chi connectivity index (χ3v) is 4.13. The summed E-state index contributed by atoms with van der Waals surface area (Å²) in [6.07, 6.45) is 0. The molecule has 0 aliphatic heterocycles. The van der Waals surface area contributed by atoms with Crippen molar-refractivity contribution >= 4 is 23.4 Å². The van der Waals surface area contributed by atoms with Crippen LogP contribution in [-0.2, 0) is 4.79 Å². The summed E-state index contributed by atoms with van der Waals surface area (Å²) < 4.78 is 5.56. The van der Waals surface area contributed by atoms with Gasteiger partial charge in [-0.3, -0.25) is 4.79 Å². The second-order valence-corrected chi connectivity index (χ2v) is 6.20. The van der Waals surface area contributed by atoms with Gasteiger partial charge in [-0.05, 0) is 37.3 Å². The van der Waals surface area contributed by atoms with E-state index in [9.17, 15) is 4.79 Å². The fourth-order valence-corrected chi connectivity index (χ4v) is 2.63. The number of aromatic nitrogens is 2. The Bertz CT molecular complexity index is 929. The van der Waals surface area contributed by atoms with Crippen LogP contribution in [0.25, 0.3) is 11.5 Å². The molecule has 0 spiro atoms. The van der Waals surface area contributed by atoms with Crippen LogP contribution >= 0.6 is 11.8 Å². The number of carbonyl (C=O) groups is 1. The summed E-state index contributed by atoms with van der Waals surface area (Å²) in [5.74, 6) is 0.339. The van der Waals surface area contributed by atoms with Crippen molar-refractivity contribution in [3.8, 4) is 17.5 Å². The van der Waals surface area contributed by atoms with E-state index in [-0.39, 0.29) is 11.7 Å². The maximum atomic E-state index is 12.0. The van der Waals surface area contributed by atoms with Crippen molar-refractivity contribution in [3.05, 3.63) is 59.7 Å². The molecule has 0 aliphatic carbocycles. The number of hydrogen-bond acceptors (Lipinski definition) is 6.